The van der Waals surface area contributed by atoms with Crippen molar-refractivity contribution in [1.29, 1.82) is 0 Å². The zero-order valence-corrected chi connectivity index (χ0v) is 17.1. The van der Waals surface area contributed by atoms with Gasteiger partial charge < -0.3 is 15.4 Å². The molecule has 9 heteroatoms. The van der Waals surface area contributed by atoms with Gasteiger partial charge in [0.1, 0.15) is 6.61 Å². The lowest BCUT2D eigenvalue weighted by Crippen LogP contribution is -2.18. The quantitative estimate of drug-likeness (QED) is 0.632. The zero-order valence-electron chi connectivity index (χ0n) is 15.5. The minimum absolute atomic E-state index is 0.0506. The molecule has 2 N–H and O–H groups in total. The van der Waals surface area contributed by atoms with E-state index in [0.717, 1.165) is 12.7 Å². The maximum Gasteiger partial charge on any atom is 0.255 e. The maximum absolute atomic E-state index is 12.4. The predicted molar refractivity (Wildman–Crippen MR) is 109 cm³/mol. The molecule has 0 aliphatic heterocycles. The molecule has 2 rings (SSSR count). The summed E-state index contributed by atoms with van der Waals surface area (Å²) in [7, 11) is -3.42. The first-order valence-electron chi connectivity index (χ1n) is 8.49. The molecule has 0 spiro atoms. The highest BCUT2D eigenvalue weighted by Crippen LogP contribution is 2.26. The third-order valence-electron chi connectivity index (χ3n) is 3.61. The van der Waals surface area contributed by atoms with Gasteiger partial charge in [0, 0.05) is 24.1 Å². The molecule has 0 heterocycles. The van der Waals surface area contributed by atoms with Crippen LogP contribution in [0.3, 0.4) is 0 Å². The Kier molecular flexibility index (Phi) is 7.56. The number of hydrogen-bond donors (Lipinski definition) is 2. The van der Waals surface area contributed by atoms with Gasteiger partial charge in [0.05, 0.1) is 15.6 Å². The summed E-state index contributed by atoms with van der Waals surface area (Å²) < 4.78 is 28.4. The Hall–Kier alpha value is -2.42. The molecule has 0 aromatic heterocycles. The van der Waals surface area contributed by atoms with Gasteiger partial charge in [-0.05, 0) is 42.8 Å². The second kappa shape index (κ2) is 9.68. The summed E-state index contributed by atoms with van der Waals surface area (Å²) in [4.78, 5) is 24.2. The van der Waals surface area contributed by atoms with E-state index in [9.17, 15) is 18.0 Å². The van der Waals surface area contributed by atoms with Gasteiger partial charge in [0.2, 0.25) is 5.91 Å². The van der Waals surface area contributed by atoms with Crippen molar-refractivity contribution in [2.24, 2.45) is 0 Å². The highest BCUT2D eigenvalue weighted by molar-refractivity contribution is 7.90. The lowest BCUT2D eigenvalue weighted by atomic mass is 10.2. The Bertz CT molecular complexity index is 976. The number of hydrogen-bond acceptors (Lipinski definition) is 5. The highest BCUT2D eigenvalue weighted by atomic mass is 35.5. The molecule has 0 radical (unpaired) electrons. The number of carbonyl (C=O) groups excluding carboxylic acids is 2. The number of anilines is 2. The van der Waals surface area contributed by atoms with E-state index < -0.39 is 15.7 Å². The van der Waals surface area contributed by atoms with E-state index >= 15 is 0 Å². The number of rotatable bonds is 8. The summed E-state index contributed by atoms with van der Waals surface area (Å²) in [5.74, 6) is -0.809. The van der Waals surface area contributed by atoms with Gasteiger partial charge in [0.25, 0.3) is 5.91 Å². The van der Waals surface area contributed by atoms with Crippen LogP contribution in [0.15, 0.2) is 47.4 Å². The smallest absolute Gasteiger partial charge is 0.255 e. The fraction of sp³-hybridized carbons (Fsp3) is 0.263. The summed E-state index contributed by atoms with van der Waals surface area (Å²) in [6.45, 7) is 2.39. The van der Waals surface area contributed by atoms with E-state index in [0.29, 0.717) is 18.0 Å². The third kappa shape index (κ3) is 6.33. The number of benzene rings is 2. The number of amides is 2. The molecular weight excluding hydrogens is 404 g/mol. The topological polar surface area (TPSA) is 102 Å². The second-order valence-electron chi connectivity index (χ2n) is 6.05. The standard InChI is InChI=1S/C19H21ClN2O5S/c1-3-9-27-12-18(23)21-14-7-8-17(16(20)11-14)22-19(24)13-5-4-6-15(10-13)28(2,25)26/h4-8,10-11H,3,9,12H2,1-2H3,(H,21,23)(H,22,24). The minimum atomic E-state index is -3.42. The predicted octanol–water partition coefficient (Wildman–Crippen LogP) is 3.36. The Morgan fingerprint density at radius 2 is 1.86 bits per heavy atom. The normalized spacial score (nSPS) is 11.1. The van der Waals surface area contributed by atoms with E-state index in [1.165, 1.54) is 30.3 Å². The van der Waals surface area contributed by atoms with Gasteiger partial charge in [-0.2, -0.15) is 0 Å². The molecule has 0 saturated carbocycles. The molecule has 0 fully saturated rings. The van der Waals surface area contributed by atoms with Crippen LogP contribution in [0.1, 0.15) is 23.7 Å². The van der Waals surface area contributed by atoms with E-state index in [2.05, 4.69) is 10.6 Å². The van der Waals surface area contributed by atoms with Crippen LogP contribution < -0.4 is 10.6 Å². The van der Waals surface area contributed by atoms with Crippen LogP contribution in [0.4, 0.5) is 11.4 Å². The summed E-state index contributed by atoms with van der Waals surface area (Å²) in [5, 5.41) is 5.50. The largest absolute Gasteiger partial charge is 0.372 e. The van der Waals surface area contributed by atoms with E-state index in [1.54, 1.807) is 12.1 Å². The third-order valence-corrected chi connectivity index (χ3v) is 5.03. The van der Waals surface area contributed by atoms with Crippen LogP contribution >= 0.6 is 11.6 Å². The Morgan fingerprint density at radius 1 is 1.11 bits per heavy atom. The average molecular weight is 425 g/mol. The first-order valence-corrected chi connectivity index (χ1v) is 10.8. The monoisotopic (exact) mass is 424 g/mol. The van der Waals surface area contributed by atoms with Crippen LogP contribution in [0, 0.1) is 0 Å². The first-order chi connectivity index (χ1) is 13.2. The van der Waals surface area contributed by atoms with Crippen molar-refractivity contribution >= 4 is 44.6 Å². The second-order valence-corrected chi connectivity index (χ2v) is 8.47. The Morgan fingerprint density at radius 3 is 2.50 bits per heavy atom. The molecule has 0 bridgehead atoms. The van der Waals surface area contributed by atoms with E-state index in [-0.39, 0.29) is 28.0 Å². The number of halogens is 1. The molecule has 0 saturated heterocycles. The van der Waals surface area contributed by atoms with Gasteiger partial charge in [-0.3, -0.25) is 9.59 Å². The summed E-state index contributed by atoms with van der Waals surface area (Å²) in [6.07, 6.45) is 1.89. The summed E-state index contributed by atoms with van der Waals surface area (Å²) >= 11 is 6.18. The maximum atomic E-state index is 12.4. The molecule has 28 heavy (non-hydrogen) atoms. The molecule has 0 aliphatic rings. The molecule has 0 atom stereocenters. The molecule has 150 valence electrons. The molecule has 0 unspecified atom stereocenters. The minimum Gasteiger partial charge on any atom is -0.372 e. The fourth-order valence-electron chi connectivity index (χ4n) is 2.26. The van der Waals surface area contributed by atoms with Crippen LogP contribution in [-0.4, -0.2) is 39.7 Å². The number of ether oxygens (including phenoxy) is 1. The van der Waals surface area contributed by atoms with Gasteiger partial charge >= 0.3 is 0 Å². The van der Waals surface area contributed by atoms with Crippen molar-refractivity contribution in [3.8, 4) is 0 Å². The molecule has 2 aromatic carbocycles. The Labute approximate surface area is 169 Å². The van der Waals surface area contributed by atoms with Gasteiger partial charge in [-0.25, -0.2) is 8.42 Å². The molecular formula is C19H21ClN2O5S. The fourth-order valence-corrected chi connectivity index (χ4v) is 3.16. The van der Waals surface area contributed by atoms with Crippen molar-refractivity contribution in [1.82, 2.24) is 0 Å². The van der Waals surface area contributed by atoms with Gasteiger partial charge in [-0.15, -0.1) is 0 Å². The number of carbonyl (C=O) groups is 2. The molecule has 7 nitrogen and oxygen atoms in total. The highest BCUT2D eigenvalue weighted by Gasteiger charge is 2.13. The average Bonchev–Trinajstić information content (AvgIpc) is 2.63. The summed E-state index contributed by atoms with van der Waals surface area (Å²) in [5.41, 5.74) is 0.980. The number of nitrogens with one attached hydrogen (secondary N) is 2. The van der Waals surface area contributed by atoms with Crippen LogP contribution in [0.5, 0.6) is 0 Å². The van der Waals surface area contributed by atoms with Crippen molar-refractivity contribution < 1.29 is 22.7 Å². The van der Waals surface area contributed by atoms with Crippen molar-refractivity contribution in [3.05, 3.63) is 53.1 Å². The van der Waals surface area contributed by atoms with E-state index in [4.69, 9.17) is 16.3 Å². The SMILES string of the molecule is CCCOCC(=O)Nc1ccc(NC(=O)c2cccc(S(C)(=O)=O)c2)c(Cl)c1. The summed E-state index contributed by atoms with van der Waals surface area (Å²) in [6, 6.07) is 10.3. The first kappa shape index (κ1) is 21.9. The Balaban J connectivity index is 2.07. The lowest BCUT2D eigenvalue weighted by Gasteiger charge is -2.11. The van der Waals surface area contributed by atoms with Gasteiger partial charge in [0.15, 0.2) is 9.84 Å². The van der Waals surface area contributed by atoms with Crippen molar-refractivity contribution in [2.45, 2.75) is 18.2 Å². The zero-order chi connectivity index (χ0) is 20.7. The molecule has 2 amide bonds. The van der Waals surface area contributed by atoms with Crippen LogP contribution in [0.2, 0.25) is 5.02 Å². The van der Waals surface area contributed by atoms with E-state index in [1.807, 2.05) is 6.92 Å². The van der Waals surface area contributed by atoms with Crippen molar-refractivity contribution in [2.75, 3.05) is 30.1 Å². The number of sulfone groups is 1. The van der Waals surface area contributed by atoms with Gasteiger partial charge in [-0.1, -0.05) is 24.6 Å². The van der Waals surface area contributed by atoms with Crippen molar-refractivity contribution in [3.63, 3.8) is 0 Å². The lowest BCUT2D eigenvalue weighted by molar-refractivity contribution is -0.120. The molecule has 0 aliphatic carbocycles. The molecule has 2 aromatic rings. The van der Waals surface area contributed by atoms with Crippen LogP contribution in [-0.2, 0) is 19.4 Å². The van der Waals surface area contributed by atoms with Crippen LogP contribution in [0.25, 0.3) is 0 Å².